The monoisotopic (exact) mass is 501 g/mol. The summed E-state index contributed by atoms with van der Waals surface area (Å²) in [5.41, 5.74) is 2.21. The third-order valence-electron chi connectivity index (χ3n) is 6.32. The Morgan fingerprint density at radius 3 is 2.16 bits per heavy atom. The summed E-state index contributed by atoms with van der Waals surface area (Å²) in [6.45, 7) is 0.203. The Kier molecular flexibility index (Phi) is 7.57. The molecule has 0 aromatic heterocycles. The van der Waals surface area contributed by atoms with E-state index in [0.717, 1.165) is 5.56 Å². The first-order chi connectivity index (χ1) is 17.9. The quantitative estimate of drug-likeness (QED) is 0.214. The molecule has 1 amide bonds. The number of carbonyl (C=O) groups excluding carboxylic acids is 3. The van der Waals surface area contributed by atoms with Gasteiger partial charge in [-0.25, -0.2) is 4.79 Å². The van der Waals surface area contributed by atoms with E-state index in [2.05, 4.69) is 0 Å². The molecule has 0 spiro atoms. The number of methoxy groups -OCH3 is 3. The first-order valence-corrected chi connectivity index (χ1v) is 11.6. The molecule has 4 rings (SSSR count). The normalized spacial score (nSPS) is 16.5. The lowest BCUT2D eigenvalue weighted by Gasteiger charge is -2.25. The molecule has 0 radical (unpaired) electrons. The maximum absolute atomic E-state index is 13.2. The maximum atomic E-state index is 13.2. The number of benzene rings is 3. The van der Waals surface area contributed by atoms with Gasteiger partial charge in [0, 0.05) is 12.1 Å². The lowest BCUT2D eigenvalue weighted by molar-refractivity contribution is -0.139. The van der Waals surface area contributed by atoms with E-state index in [1.807, 2.05) is 12.1 Å². The molecule has 1 N–H and O–H groups in total. The molecule has 3 aromatic rings. The highest BCUT2D eigenvalue weighted by Gasteiger charge is 2.45. The number of ether oxygens (including phenoxy) is 3. The van der Waals surface area contributed by atoms with E-state index >= 15 is 0 Å². The fraction of sp³-hybridized carbons (Fsp3) is 0.207. The average Bonchev–Trinajstić information content (AvgIpc) is 3.20. The highest BCUT2D eigenvalue weighted by Crippen LogP contribution is 2.39. The van der Waals surface area contributed by atoms with Crippen molar-refractivity contribution in [2.75, 3.05) is 27.9 Å². The Bertz CT molecular complexity index is 1350. The van der Waals surface area contributed by atoms with Gasteiger partial charge in [-0.05, 0) is 41.8 Å². The molecule has 37 heavy (non-hydrogen) atoms. The lowest BCUT2D eigenvalue weighted by atomic mass is 9.94. The minimum atomic E-state index is -0.841. The molecule has 1 fully saturated rings. The number of ketones is 1. The zero-order valence-corrected chi connectivity index (χ0v) is 20.8. The fourth-order valence-corrected chi connectivity index (χ4v) is 4.41. The summed E-state index contributed by atoms with van der Waals surface area (Å²) in [5.74, 6) is -1.09. The van der Waals surface area contributed by atoms with Crippen LogP contribution < -0.4 is 9.47 Å². The molecule has 0 aliphatic carbocycles. The van der Waals surface area contributed by atoms with Crippen molar-refractivity contribution in [3.63, 3.8) is 0 Å². The molecule has 0 bridgehead atoms. The summed E-state index contributed by atoms with van der Waals surface area (Å²) >= 11 is 0. The Labute approximate surface area is 214 Å². The van der Waals surface area contributed by atoms with Gasteiger partial charge in [0.05, 0.1) is 38.5 Å². The van der Waals surface area contributed by atoms with Crippen LogP contribution in [0.2, 0.25) is 0 Å². The summed E-state index contributed by atoms with van der Waals surface area (Å²) in [6, 6.07) is 19.7. The van der Waals surface area contributed by atoms with Crippen LogP contribution in [0.3, 0.4) is 0 Å². The SMILES string of the molecule is COC(=O)c1ccc(C2C(=C(O)c3ccccc3)C(=O)C(=O)N2CCc2ccc(OC)c(OC)c2)cc1. The second kappa shape index (κ2) is 11.0. The molecule has 1 atom stereocenters. The molecule has 1 aliphatic rings. The van der Waals surface area contributed by atoms with Gasteiger partial charge >= 0.3 is 5.97 Å². The van der Waals surface area contributed by atoms with E-state index in [1.54, 1.807) is 74.9 Å². The Balaban J connectivity index is 1.74. The number of carbonyl (C=O) groups is 3. The van der Waals surface area contributed by atoms with Crippen molar-refractivity contribution in [3.8, 4) is 11.5 Å². The van der Waals surface area contributed by atoms with Crippen LogP contribution in [0.25, 0.3) is 5.76 Å². The zero-order chi connectivity index (χ0) is 26.5. The second-order valence-electron chi connectivity index (χ2n) is 8.41. The van der Waals surface area contributed by atoms with Crippen molar-refractivity contribution in [2.45, 2.75) is 12.5 Å². The molecular formula is C29H27NO7. The van der Waals surface area contributed by atoms with Crippen molar-refractivity contribution < 1.29 is 33.7 Å². The van der Waals surface area contributed by atoms with E-state index in [9.17, 15) is 19.5 Å². The molecule has 190 valence electrons. The summed E-state index contributed by atoms with van der Waals surface area (Å²) in [5, 5.41) is 11.1. The third kappa shape index (κ3) is 5.04. The van der Waals surface area contributed by atoms with Crippen LogP contribution in [0.4, 0.5) is 0 Å². The average molecular weight is 502 g/mol. The van der Waals surface area contributed by atoms with Crippen LogP contribution in [0.1, 0.15) is 33.1 Å². The number of amides is 1. The molecular weight excluding hydrogens is 474 g/mol. The van der Waals surface area contributed by atoms with Gasteiger partial charge in [0.25, 0.3) is 11.7 Å². The topological polar surface area (TPSA) is 102 Å². The predicted molar refractivity (Wildman–Crippen MR) is 136 cm³/mol. The number of aliphatic hydroxyl groups is 1. The van der Waals surface area contributed by atoms with Gasteiger partial charge in [-0.2, -0.15) is 0 Å². The number of esters is 1. The molecule has 1 aliphatic heterocycles. The molecule has 3 aromatic carbocycles. The van der Waals surface area contributed by atoms with Gasteiger partial charge in [0.2, 0.25) is 0 Å². The van der Waals surface area contributed by atoms with Crippen molar-refractivity contribution in [1.82, 2.24) is 4.90 Å². The van der Waals surface area contributed by atoms with Crippen LogP contribution in [0.5, 0.6) is 11.5 Å². The largest absolute Gasteiger partial charge is 0.507 e. The number of hydrogen-bond acceptors (Lipinski definition) is 7. The number of aliphatic hydroxyl groups excluding tert-OH is 1. The number of likely N-dealkylation sites (tertiary alicyclic amines) is 1. The molecule has 1 heterocycles. The molecule has 8 nitrogen and oxygen atoms in total. The summed E-state index contributed by atoms with van der Waals surface area (Å²) < 4.78 is 15.4. The maximum Gasteiger partial charge on any atom is 0.337 e. The van der Waals surface area contributed by atoms with Gasteiger partial charge in [0.1, 0.15) is 5.76 Å². The van der Waals surface area contributed by atoms with E-state index in [4.69, 9.17) is 14.2 Å². The minimum Gasteiger partial charge on any atom is -0.507 e. The van der Waals surface area contributed by atoms with Crippen molar-refractivity contribution in [1.29, 1.82) is 0 Å². The van der Waals surface area contributed by atoms with Gasteiger partial charge in [-0.15, -0.1) is 0 Å². The van der Waals surface area contributed by atoms with Crippen molar-refractivity contribution in [3.05, 3.63) is 101 Å². The molecule has 8 heteroatoms. The zero-order valence-electron chi connectivity index (χ0n) is 20.8. The van der Waals surface area contributed by atoms with Crippen LogP contribution >= 0.6 is 0 Å². The highest BCUT2D eigenvalue weighted by atomic mass is 16.5. The van der Waals surface area contributed by atoms with Gasteiger partial charge in [0.15, 0.2) is 11.5 Å². The lowest BCUT2D eigenvalue weighted by Crippen LogP contribution is -2.31. The van der Waals surface area contributed by atoms with Crippen LogP contribution in [-0.2, 0) is 20.7 Å². The Morgan fingerprint density at radius 2 is 1.54 bits per heavy atom. The predicted octanol–water partition coefficient (Wildman–Crippen LogP) is 4.15. The number of hydrogen-bond donors (Lipinski definition) is 1. The number of rotatable bonds is 8. The first-order valence-electron chi connectivity index (χ1n) is 11.6. The van der Waals surface area contributed by atoms with Crippen molar-refractivity contribution >= 4 is 23.4 Å². The Morgan fingerprint density at radius 1 is 0.865 bits per heavy atom. The number of nitrogens with zero attached hydrogens (tertiary/aromatic N) is 1. The summed E-state index contributed by atoms with van der Waals surface area (Å²) in [7, 11) is 4.39. The minimum absolute atomic E-state index is 0.00525. The number of Topliss-reactive ketones (excluding diaryl/α,β-unsaturated/α-hetero) is 1. The summed E-state index contributed by atoms with van der Waals surface area (Å²) in [4.78, 5) is 39.8. The smallest absolute Gasteiger partial charge is 0.337 e. The first kappa shape index (κ1) is 25.5. The summed E-state index contributed by atoms with van der Waals surface area (Å²) in [6.07, 6.45) is 0.426. The fourth-order valence-electron chi connectivity index (χ4n) is 4.41. The molecule has 1 saturated heterocycles. The van der Waals surface area contributed by atoms with E-state index in [-0.39, 0.29) is 17.9 Å². The van der Waals surface area contributed by atoms with Crippen LogP contribution in [-0.4, -0.2) is 55.5 Å². The van der Waals surface area contributed by atoms with Gasteiger partial charge in [-0.3, -0.25) is 9.59 Å². The molecule has 0 saturated carbocycles. The van der Waals surface area contributed by atoms with Crippen molar-refractivity contribution in [2.24, 2.45) is 0 Å². The van der Waals surface area contributed by atoms with Gasteiger partial charge in [-0.1, -0.05) is 48.5 Å². The van der Waals surface area contributed by atoms with Gasteiger partial charge < -0.3 is 24.2 Å². The van der Waals surface area contributed by atoms with E-state index < -0.39 is 23.7 Å². The second-order valence-corrected chi connectivity index (χ2v) is 8.41. The van der Waals surface area contributed by atoms with E-state index in [1.165, 1.54) is 12.0 Å². The van der Waals surface area contributed by atoms with E-state index in [0.29, 0.717) is 34.6 Å². The standard InChI is InChI=1S/C29H27NO7/c1-35-22-14-9-18(17-23(22)36-2)15-16-30-25(19-10-12-21(13-11-19)29(34)37-3)24(27(32)28(30)33)26(31)20-7-5-4-6-8-20/h4-14,17,25,31H,15-16H2,1-3H3. The Hall–Kier alpha value is -4.59. The van der Waals surface area contributed by atoms with Crippen LogP contribution in [0, 0.1) is 0 Å². The van der Waals surface area contributed by atoms with Crippen LogP contribution in [0.15, 0.2) is 78.4 Å². The molecule has 1 unspecified atom stereocenters. The highest BCUT2D eigenvalue weighted by molar-refractivity contribution is 6.46. The third-order valence-corrected chi connectivity index (χ3v) is 6.32.